The molecule has 2 amide bonds. The number of carbonyl (C=O) groups is 2. The second-order valence-corrected chi connectivity index (χ2v) is 50.0. The van der Waals surface area contributed by atoms with Gasteiger partial charge in [0.05, 0.1) is 37.7 Å². The van der Waals surface area contributed by atoms with E-state index in [-0.39, 0.29) is 77.3 Å². The first kappa shape index (κ1) is 101. The van der Waals surface area contributed by atoms with Crippen molar-refractivity contribution >= 4 is 94.8 Å². The van der Waals surface area contributed by atoms with Crippen molar-refractivity contribution in [3.63, 3.8) is 0 Å². The molecule has 12 aromatic rings. The van der Waals surface area contributed by atoms with Gasteiger partial charge in [0.25, 0.3) is 0 Å². The standard InChI is InChI=1S/C29H35FN2O3S.C29H35FN2O2S.C28H33FN2O2S.C27H33FN2O3S/c1-29(2)17-22(14-15-32(29)28(33)21-6-4-5-7-21)26-18-31(3)27-13-8-20(16-25(26)27)19-36(34,35)24-11-9-23(30)10-12-24;1-20-16-24(14-15-32(20)21(2)23-6-4-5-7-23)28-18-31(3)29-13-8-22(17-27(28)29)19-35(33,34)26-11-9-25(30)10-12-26;1-20(22-7-3-4-8-22)31-15-13-23(14-16-31)25-18-30(2)27-12-11-21(17-24(25)27)19-34(32,33)28-10-6-5-9-26(28)29;1-18(2)26(31)30-13-12-20(15-27(30,3)4)24-16-29(5)25-11-6-19(14-23(24)25)17-34(32,33)22-9-7-21(28)8-10-22/h8-13,16,18,21-22H,4-7,14-15,17,19H2,1-3H3;8-13,17-18,20,23-24H,2,4-7,14-16,19H2,1,3H3;5-6,9-12,17-18,22-23H,1,3-4,7-8,13-16,19H2,2H3;6-11,14,16,18,20H,12-13,15,17H2,1-5H3/t22-;20-,24-;;20-/m10.1/s1. The summed E-state index contributed by atoms with van der Waals surface area (Å²) >= 11 is 0. The Bertz CT molecular complexity index is 7040. The second-order valence-electron chi connectivity index (χ2n) is 42.1. The van der Waals surface area contributed by atoms with E-state index < -0.39 is 62.6 Å². The van der Waals surface area contributed by atoms with Gasteiger partial charge in [-0.15, -0.1) is 0 Å². The summed E-state index contributed by atoms with van der Waals surface area (Å²) in [5.74, 6) is 0.780. The molecular formula is C113H136F4N8O10S4. The highest BCUT2D eigenvalue weighted by molar-refractivity contribution is 7.91. The van der Waals surface area contributed by atoms with Crippen molar-refractivity contribution in [3.05, 3.63) is 287 Å². The molecule has 4 saturated heterocycles. The first-order valence-electron chi connectivity index (χ1n) is 49.8. The van der Waals surface area contributed by atoms with Gasteiger partial charge in [-0.25, -0.2) is 51.2 Å². The van der Waals surface area contributed by atoms with Crippen LogP contribution in [0.5, 0.6) is 0 Å². The van der Waals surface area contributed by atoms with Crippen LogP contribution in [-0.4, -0.2) is 133 Å². The van der Waals surface area contributed by atoms with Gasteiger partial charge >= 0.3 is 0 Å². The van der Waals surface area contributed by atoms with Crippen LogP contribution in [0.15, 0.2) is 239 Å². The van der Waals surface area contributed by atoms with Crippen molar-refractivity contribution < 1.29 is 60.8 Å². The Morgan fingerprint density at radius 2 is 0.705 bits per heavy atom. The van der Waals surface area contributed by atoms with Crippen LogP contribution >= 0.6 is 0 Å². The molecule has 8 aromatic carbocycles. The molecule has 0 unspecified atom stereocenters. The molecule has 4 aromatic heterocycles. The van der Waals surface area contributed by atoms with Crippen molar-refractivity contribution in [1.82, 2.24) is 37.9 Å². The summed E-state index contributed by atoms with van der Waals surface area (Å²) in [7, 11) is -6.38. The number of aryl methyl sites for hydroxylation is 4. The van der Waals surface area contributed by atoms with Crippen LogP contribution in [-0.2, 0) is 100 Å². The minimum atomic E-state index is -3.77. The summed E-state index contributed by atoms with van der Waals surface area (Å²) in [6, 6.07) is 44.5. The van der Waals surface area contributed by atoms with E-state index in [0.29, 0.717) is 64.8 Å². The van der Waals surface area contributed by atoms with Gasteiger partial charge in [0.15, 0.2) is 39.3 Å². The third-order valence-corrected chi connectivity index (χ3v) is 37.9. The third-order valence-electron chi connectivity index (χ3n) is 31.1. The number of halogens is 4. The number of likely N-dealkylation sites (tertiary alicyclic amines) is 4. The predicted octanol–water partition coefficient (Wildman–Crippen LogP) is 24.1. The lowest BCUT2D eigenvalue weighted by atomic mass is 9.78. The number of piperidine rings is 4. The van der Waals surface area contributed by atoms with Crippen LogP contribution in [0.2, 0.25) is 0 Å². The van der Waals surface area contributed by atoms with Crippen LogP contribution in [0, 0.1) is 46.9 Å². The molecule has 4 atom stereocenters. The maximum absolute atomic E-state index is 14.1. The van der Waals surface area contributed by atoms with Crippen LogP contribution in [0.4, 0.5) is 17.6 Å². The Morgan fingerprint density at radius 3 is 1.06 bits per heavy atom. The van der Waals surface area contributed by atoms with E-state index in [1.165, 1.54) is 176 Å². The number of carbonyl (C=O) groups excluding carboxylic acids is 2. The molecule has 19 rings (SSSR count). The fourth-order valence-corrected chi connectivity index (χ4v) is 29.0. The van der Waals surface area contributed by atoms with Gasteiger partial charge in [-0.05, 0) is 338 Å². The topological polar surface area (TPSA) is 203 Å². The molecule has 7 fully saturated rings. The van der Waals surface area contributed by atoms with Gasteiger partial charge in [0, 0.05) is 170 Å². The zero-order chi connectivity index (χ0) is 99.1. The van der Waals surface area contributed by atoms with Gasteiger partial charge in [-0.2, -0.15) is 0 Å². The van der Waals surface area contributed by atoms with E-state index in [1.54, 1.807) is 6.07 Å². The number of hydrogen-bond acceptors (Lipinski definition) is 12. The fraction of sp³-hybridized carbons (Fsp3) is 0.451. The summed E-state index contributed by atoms with van der Waals surface area (Å²) in [5.41, 5.74) is 14.4. The maximum atomic E-state index is 14.1. The van der Waals surface area contributed by atoms with E-state index in [0.717, 1.165) is 152 Å². The van der Waals surface area contributed by atoms with E-state index in [2.05, 4.69) is 113 Å². The molecule has 8 heterocycles. The Hall–Kier alpha value is -10.5. The minimum Gasteiger partial charge on any atom is -0.375 e. The highest BCUT2D eigenvalue weighted by atomic mass is 32.2. The number of sulfone groups is 4. The third kappa shape index (κ3) is 22.5. The van der Waals surface area contributed by atoms with E-state index in [1.807, 2.05) is 113 Å². The molecule has 7 aliphatic rings. The smallest absolute Gasteiger partial charge is 0.226 e. The highest BCUT2D eigenvalue weighted by Crippen LogP contribution is 2.48. The number of amides is 2. The van der Waals surface area contributed by atoms with Gasteiger partial charge in [-0.1, -0.05) is 102 Å². The Kier molecular flexibility index (Phi) is 30.3. The lowest BCUT2D eigenvalue weighted by Crippen LogP contribution is -2.53. The van der Waals surface area contributed by atoms with Gasteiger partial charge in [0.1, 0.15) is 28.2 Å². The molecule has 0 bridgehead atoms. The normalized spacial score (nSPS) is 19.8. The predicted molar refractivity (Wildman–Crippen MR) is 547 cm³/mol. The molecule has 0 N–H and O–H groups in total. The van der Waals surface area contributed by atoms with Crippen LogP contribution in [0.25, 0.3) is 43.6 Å². The summed E-state index contributed by atoms with van der Waals surface area (Å²) in [5, 5.41) is 4.37. The average molecular weight is 1970 g/mol. The van der Waals surface area contributed by atoms with E-state index >= 15 is 0 Å². The highest BCUT2D eigenvalue weighted by Gasteiger charge is 2.44. The molecule has 3 saturated carbocycles. The lowest BCUT2D eigenvalue weighted by Gasteiger charge is -2.46. The second kappa shape index (κ2) is 41.6. The van der Waals surface area contributed by atoms with Gasteiger partial charge < -0.3 is 37.9 Å². The molecule has 3 aliphatic carbocycles. The van der Waals surface area contributed by atoms with Crippen molar-refractivity contribution in [2.75, 3.05) is 32.7 Å². The first-order valence-corrected chi connectivity index (χ1v) is 56.4. The van der Waals surface area contributed by atoms with Gasteiger partial charge in [-0.3, -0.25) is 9.59 Å². The number of aromatic nitrogens is 4. The zero-order valence-corrected chi connectivity index (χ0v) is 85.7. The summed E-state index contributed by atoms with van der Waals surface area (Å²) in [6.07, 6.45) is 31.3. The molecule has 4 aliphatic heterocycles. The number of benzene rings is 8. The van der Waals surface area contributed by atoms with Crippen LogP contribution < -0.4 is 0 Å². The van der Waals surface area contributed by atoms with Crippen molar-refractivity contribution in [1.29, 1.82) is 0 Å². The Morgan fingerprint density at radius 1 is 0.381 bits per heavy atom. The van der Waals surface area contributed by atoms with Gasteiger partial charge in [0.2, 0.25) is 11.8 Å². The minimum absolute atomic E-state index is 0.0287. The molecule has 26 heteroatoms. The molecule has 0 spiro atoms. The fourth-order valence-electron chi connectivity index (χ4n) is 23.6. The van der Waals surface area contributed by atoms with Crippen molar-refractivity contribution in [2.45, 2.75) is 260 Å². The molecular weight excluding hydrogens is 1830 g/mol. The SMILES string of the molecule is C=C(C1CCCC1)N1CCC(c2cn(C)c3ccc(CS(=O)(=O)c4ccccc4F)cc23)CC1.C=C(C1CCCC1)N1CC[C@H](c2cn(C)c3ccc(CS(=O)(=O)c4ccc(F)cc4)cc23)C[C@@H]1C.CC(C)C(=O)N1CC[C@@H](c2cn(C)c3ccc(CS(=O)(=O)c4ccc(F)cc4)cc23)CC1(C)C.Cn1cc([C@@H]2CCN(C(=O)C3CCCC3)C(C)(C)C2)c2cc(CS(=O)(=O)c3ccc(F)cc3)ccc21. The van der Waals surface area contributed by atoms with Crippen LogP contribution in [0.1, 0.15) is 245 Å². The monoisotopic (exact) mass is 1970 g/mol. The van der Waals surface area contributed by atoms with E-state index in [4.69, 9.17) is 0 Å². The number of allylic oxidation sites excluding steroid dienone is 2. The van der Waals surface area contributed by atoms with E-state index in [9.17, 15) is 60.8 Å². The summed E-state index contributed by atoms with van der Waals surface area (Å²) in [6.45, 7) is 28.3. The Labute approximate surface area is 819 Å². The number of fused-ring (bicyclic) bond motifs is 4. The zero-order valence-electron chi connectivity index (χ0n) is 82.4. The number of hydrogen-bond donors (Lipinski definition) is 0. The summed E-state index contributed by atoms with van der Waals surface area (Å²) in [4.78, 5) is 35.3. The van der Waals surface area contributed by atoms with Crippen LogP contribution in [0.3, 0.4) is 0 Å². The Balaban J connectivity index is 0.000000134. The molecule has 740 valence electrons. The number of nitrogens with zero attached hydrogens (tertiary/aromatic N) is 8. The lowest BCUT2D eigenvalue weighted by molar-refractivity contribution is -0.143. The van der Waals surface area contributed by atoms with Crippen molar-refractivity contribution in [3.8, 4) is 0 Å². The molecule has 0 radical (unpaired) electrons. The maximum Gasteiger partial charge on any atom is 0.226 e. The largest absolute Gasteiger partial charge is 0.375 e. The quantitative estimate of drug-likeness (QED) is 0.0459. The average Bonchev–Trinajstić information content (AvgIpc) is 1.89. The number of rotatable bonds is 22. The first-order chi connectivity index (χ1) is 66.0. The summed E-state index contributed by atoms with van der Waals surface area (Å²) < 4.78 is 166. The van der Waals surface area contributed by atoms with Crippen molar-refractivity contribution in [2.24, 2.45) is 51.9 Å². The molecule has 18 nitrogen and oxygen atoms in total. The molecule has 139 heavy (non-hydrogen) atoms.